The number of unbranched alkanes of at least 4 members (excludes halogenated alkanes) is 14. The van der Waals surface area contributed by atoms with E-state index in [4.69, 9.17) is 9.78 Å². The van der Waals surface area contributed by atoms with Crippen molar-refractivity contribution in [3.8, 4) is 11.8 Å². The third-order valence-electron chi connectivity index (χ3n) is 5.37. The first-order chi connectivity index (χ1) is 13.8. The topological polar surface area (TPSA) is 18.5 Å². The molecule has 0 aliphatic heterocycles. The van der Waals surface area contributed by atoms with Crippen molar-refractivity contribution in [2.24, 2.45) is 0 Å². The normalized spacial score (nSPS) is 12.1. The molecule has 0 fully saturated rings. The molecular formula is C27H52O2. The SMILES string of the molecule is CCCCCCCCCCCCCCCCC#CC(C)(C)OOC(C)(C)CCC. The second-order valence-electron chi connectivity index (χ2n) is 9.83. The van der Waals surface area contributed by atoms with Crippen molar-refractivity contribution in [2.45, 2.75) is 162 Å². The zero-order chi connectivity index (χ0) is 21.8. The quantitative estimate of drug-likeness (QED) is 0.0917. The summed E-state index contributed by atoms with van der Waals surface area (Å²) in [5, 5.41) is 0. The van der Waals surface area contributed by atoms with Crippen molar-refractivity contribution in [2.75, 3.05) is 0 Å². The van der Waals surface area contributed by atoms with Crippen LogP contribution in [0.5, 0.6) is 0 Å². The van der Waals surface area contributed by atoms with E-state index in [1.165, 1.54) is 89.9 Å². The Balaban J connectivity index is 3.52. The maximum Gasteiger partial charge on any atom is 0.158 e. The van der Waals surface area contributed by atoms with Crippen LogP contribution in [0.3, 0.4) is 0 Å². The fraction of sp³-hybridized carbons (Fsp3) is 0.926. The Bertz CT molecular complexity index is 414. The molecule has 0 saturated heterocycles. The van der Waals surface area contributed by atoms with Crippen molar-refractivity contribution in [1.29, 1.82) is 0 Å². The Morgan fingerprint density at radius 3 is 1.45 bits per heavy atom. The van der Waals surface area contributed by atoms with Crippen LogP contribution < -0.4 is 0 Å². The predicted octanol–water partition coefficient (Wildman–Crippen LogP) is 9.17. The lowest BCUT2D eigenvalue weighted by Crippen LogP contribution is -2.31. The lowest BCUT2D eigenvalue weighted by atomic mass is 10.0. The fourth-order valence-corrected chi connectivity index (χ4v) is 3.56. The zero-order valence-electron chi connectivity index (χ0n) is 20.8. The van der Waals surface area contributed by atoms with Gasteiger partial charge < -0.3 is 0 Å². The fourth-order valence-electron chi connectivity index (χ4n) is 3.56. The van der Waals surface area contributed by atoms with Gasteiger partial charge in [0.2, 0.25) is 0 Å². The van der Waals surface area contributed by atoms with Gasteiger partial charge in [-0.25, -0.2) is 9.78 Å². The van der Waals surface area contributed by atoms with E-state index in [0.717, 1.165) is 19.3 Å². The van der Waals surface area contributed by atoms with Gasteiger partial charge in [0.15, 0.2) is 5.60 Å². The number of hydrogen-bond donors (Lipinski definition) is 0. The van der Waals surface area contributed by atoms with Gasteiger partial charge in [-0.3, -0.25) is 0 Å². The van der Waals surface area contributed by atoms with Crippen molar-refractivity contribution < 1.29 is 9.78 Å². The highest BCUT2D eigenvalue weighted by Crippen LogP contribution is 2.20. The van der Waals surface area contributed by atoms with Crippen LogP contribution in [0.25, 0.3) is 0 Å². The van der Waals surface area contributed by atoms with Crippen LogP contribution in [-0.2, 0) is 9.78 Å². The van der Waals surface area contributed by atoms with Crippen LogP contribution in [0.4, 0.5) is 0 Å². The molecule has 0 aliphatic rings. The van der Waals surface area contributed by atoms with Gasteiger partial charge in [0.1, 0.15) is 0 Å². The summed E-state index contributed by atoms with van der Waals surface area (Å²) in [6.07, 6.45) is 22.5. The molecule has 0 bridgehead atoms. The summed E-state index contributed by atoms with van der Waals surface area (Å²) in [6, 6.07) is 0. The molecular weight excluding hydrogens is 356 g/mol. The van der Waals surface area contributed by atoms with Gasteiger partial charge in [0.25, 0.3) is 0 Å². The third-order valence-corrected chi connectivity index (χ3v) is 5.37. The van der Waals surface area contributed by atoms with Crippen molar-refractivity contribution in [1.82, 2.24) is 0 Å². The summed E-state index contributed by atoms with van der Waals surface area (Å²) in [6.45, 7) is 12.5. The molecule has 0 aromatic carbocycles. The summed E-state index contributed by atoms with van der Waals surface area (Å²) >= 11 is 0. The van der Waals surface area contributed by atoms with Gasteiger partial charge in [-0.1, -0.05) is 110 Å². The van der Waals surface area contributed by atoms with Crippen LogP contribution in [0.15, 0.2) is 0 Å². The third kappa shape index (κ3) is 20.5. The van der Waals surface area contributed by atoms with E-state index >= 15 is 0 Å². The molecule has 0 aromatic heterocycles. The van der Waals surface area contributed by atoms with Gasteiger partial charge in [-0.05, 0) is 40.5 Å². The van der Waals surface area contributed by atoms with E-state index in [2.05, 4.69) is 39.5 Å². The van der Waals surface area contributed by atoms with Gasteiger partial charge in [0, 0.05) is 6.42 Å². The Kier molecular flexibility index (Phi) is 17.9. The highest BCUT2D eigenvalue weighted by molar-refractivity contribution is 5.10. The Morgan fingerprint density at radius 2 is 1.00 bits per heavy atom. The van der Waals surface area contributed by atoms with E-state index < -0.39 is 5.60 Å². The molecule has 0 amide bonds. The van der Waals surface area contributed by atoms with Crippen LogP contribution in [0.2, 0.25) is 0 Å². The standard InChI is InChI=1S/C27H52O2/c1-7-9-10-11-12-13-14-15-16-17-18-19-20-21-22-23-25-27(5,6)29-28-26(3,4)24-8-2/h7-22,24H2,1-6H3. The molecule has 0 radical (unpaired) electrons. The molecule has 29 heavy (non-hydrogen) atoms. The molecule has 0 unspecified atom stereocenters. The van der Waals surface area contributed by atoms with Crippen molar-refractivity contribution in [3.63, 3.8) is 0 Å². The first-order valence-corrected chi connectivity index (χ1v) is 12.7. The highest BCUT2D eigenvalue weighted by atomic mass is 17.2. The molecule has 0 saturated carbocycles. The monoisotopic (exact) mass is 408 g/mol. The minimum Gasteiger partial charge on any atom is -0.229 e. The van der Waals surface area contributed by atoms with Crippen LogP contribution in [-0.4, -0.2) is 11.2 Å². The molecule has 2 nitrogen and oxygen atoms in total. The van der Waals surface area contributed by atoms with Gasteiger partial charge in [-0.15, -0.1) is 5.92 Å². The smallest absolute Gasteiger partial charge is 0.158 e. The van der Waals surface area contributed by atoms with E-state index in [-0.39, 0.29) is 5.60 Å². The molecule has 0 spiro atoms. The molecule has 0 rings (SSSR count). The van der Waals surface area contributed by atoms with E-state index in [1.807, 2.05) is 13.8 Å². The average Bonchev–Trinajstić information content (AvgIpc) is 2.66. The van der Waals surface area contributed by atoms with Crippen LogP contribution >= 0.6 is 0 Å². The maximum absolute atomic E-state index is 5.61. The average molecular weight is 409 g/mol. The molecule has 0 N–H and O–H groups in total. The highest BCUT2D eigenvalue weighted by Gasteiger charge is 2.24. The predicted molar refractivity (Wildman–Crippen MR) is 128 cm³/mol. The van der Waals surface area contributed by atoms with Crippen LogP contribution in [0, 0.1) is 11.8 Å². The summed E-state index contributed by atoms with van der Waals surface area (Å²) < 4.78 is 0. The Hall–Kier alpha value is -0.520. The molecule has 2 heteroatoms. The largest absolute Gasteiger partial charge is 0.229 e. The van der Waals surface area contributed by atoms with Gasteiger partial charge in [-0.2, -0.15) is 0 Å². The van der Waals surface area contributed by atoms with Crippen molar-refractivity contribution >= 4 is 0 Å². The summed E-state index contributed by atoms with van der Waals surface area (Å²) in [5.74, 6) is 6.51. The first kappa shape index (κ1) is 28.5. The van der Waals surface area contributed by atoms with E-state index in [0.29, 0.717) is 0 Å². The Morgan fingerprint density at radius 1 is 0.552 bits per heavy atom. The summed E-state index contributed by atoms with van der Waals surface area (Å²) in [7, 11) is 0. The summed E-state index contributed by atoms with van der Waals surface area (Å²) in [4.78, 5) is 11.2. The molecule has 0 aromatic rings. The van der Waals surface area contributed by atoms with E-state index in [1.54, 1.807) is 0 Å². The lowest BCUT2D eigenvalue weighted by molar-refractivity contribution is -0.389. The second-order valence-corrected chi connectivity index (χ2v) is 9.83. The maximum atomic E-state index is 5.61. The molecule has 172 valence electrons. The van der Waals surface area contributed by atoms with E-state index in [9.17, 15) is 0 Å². The molecule has 0 aliphatic carbocycles. The number of hydrogen-bond acceptors (Lipinski definition) is 2. The molecule has 0 atom stereocenters. The lowest BCUT2D eigenvalue weighted by Gasteiger charge is -2.27. The first-order valence-electron chi connectivity index (χ1n) is 12.7. The van der Waals surface area contributed by atoms with Crippen LogP contribution in [0.1, 0.15) is 151 Å². The van der Waals surface area contributed by atoms with Gasteiger partial charge in [0.05, 0.1) is 5.60 Å². The second kappa shape index (κ2) is 18.3. The van der Waals surface area contributed by atoms with Crippen molar-refractivity contribution in [3.05, 3.63) is 0 Å². The molecule has 0 heterocycles. The number of rotatable bonds is 19. The minimum absolute atomic E-state index is 0.248. The Labute approximate surface area is 183 Å². The minimum atomic E-state index is -0.541. The zero-order valence-corrected chi connectivity index (χ0v) is 20.8. The summed E-state index contributed by atoms with van der Waals surface area (Å²) in [5.41, 5.74) is -0.788. The van der Waals surface area contributed by atoms with Gasteiger partial charge >= 0.3 is 0 Å².